The second kappa shape index (κ2) is 6.47. The number of phenolic OH excluding ortho intramolecular Hbond substituents is 2. The molecule has 1 aromatic rings. The summed E-state index contributed by atoms with van der Waals surface area (Å²) >= 11 is 0. The van der Waals surface area contributed by atoms with Gasteiger partial charge >= 0.3 is 0 Å². The zero-order valence-corrected chi connectivity index (χ0v) is 12.0. The fourth-order valence-electron chi connectivity index (χ4n) is 2.46. The van der Waals surface area contributed by atoms with Crippen LogP contribution in [0.4, 0.5) is 0 Å². The molecule has 0 radical (unpaired) electrons. The van der Waals surface area contributed by atoms with E-state index in [2.05, 4.69) is 5.32 Å². The fraction of sp³-hybridized carbons (Fsp3) is 0.467. The summed E-state index contributed by atoms with van der Waals surface area (Å²) in [6, 6.07) is 2.99. The SMILES string of the molecule is CC(NC(=O)c1cc(O)cc(O)c1)C(=O)N1CCCCC1. The molecule has 1 fully saturated rings. The van der Waals surface area contributed by atoms with Crippen LogP contribution in [0.1, 0.15) is 36.5 Å². The molecule has 0 aromatic heterocycles. The lowest BCUT2D eigenvalue weighted by molar-refractivity contribution is -0.133. The molecule has 0 saturated carbocycles. The standard InChI is InChI=1S/C15H20N2O4/c1-10(15(21)17-5-3-2-4-6-17)16-14(20)11-7-12(18)9-13(19)8-11/h7-10,18-19H,2-6H2,1H3,(H,16,20). The van der Waals surface area contributed by atoms with Gasteiger partial charge in [-0.1, -0.05) is 0 Å². The second-order valence-corrected chi connectivity index (χ2v) is 5.32. The van der Waals surface area contributed by atoms with Crippen molar-refractivity contribution in [2.24, 2.45) is 0 Å². The predicted molar refractivity (Wildman–Crippen MR) is 77.1 cm³/mol. The van der Waals surface area contributed by atoms with Crippen molar-refractivity contribution in [1.82, 2.24) is 10.2 Å². The molecule has 0 bridgehead atoms. The highest BCUT2D eigenvalue weighted by Gasteiger charge is 2.23. The highest BCUT2D eigenvalue weighted by Crippen LogP contribution is 2.20. The van der Waals surface area contributed by atoms with Gasteiger partial charge in [0.25, 0.3) is 5.91 Å². The highest BCUT2D eigenvalue weighted by molar-refractivity contribution is 5.98. The molecule has 1 saturated heterocycles. The van der Waals surface area contributed by atoms with Gasteiger partial charge in [-0.3, -0.25) is 9.59 Å². The molecule has 1 atom stereocenters. The molecule has 21 heavy (non-hydrogen) atoms. The number of nitrogens with zero attached hydrogens (tertiary/aromatic N) is 1. The lowest BCUT2D eigenvalue weighted by Gasteiger charge is -2.29. The molecule has 1 aliphatic heterocycles. The number of likely N-dealkylation sites (tertiary alicyclic amines) is 1. The molecular weight excluding hydrogens is 272 g/mol. The van der Waals surface area contributed by atoms with Gasteiger partial charge in [0, 0.05) is 24.7 Å². The summed E-state index contributed by atoms with van der Waals surface area (Å²) in [7, 11) is 0. The maximum Gasteiger partial charge on any atom is 0.252 e. The number of nitrogens with one attached hydrogen (secondary N) is 1. The van der Waals surface area contributed by atoms with E-state index in [4.69, 9.17) is 0 Å². The Morgan fingerprint density at radius 2 is 1.67 bits per heavy atom. The number of carbonyl (C=O) groups is 2. The molecule has 0 aliphatic carbocycles. The van der Waals surface area contributed by atoms with Crippen LogP contribution in [0.3, 0.4) is 0 Å². The summed E-state index contributed by atoms with van der Waals surface area (Å²) in [4.78, 5) is 26.0. The summed E-state index contributed by atoms with van der Waals surface area (Å²) < 4.78 is 0. The van der Waals surface area contributed by atoms with Crippen molar-refractivity contribution in [2.45, 2.75) is 32.2 Å². The number of benzene rings is 1. The van der Waals surface area contributed by atoms with Crippen molar-refractivity contribution >= 4 is 11.8 Å². The summed E-state index contributed by atoms with van der Waals surface area (Å²) in [6.07, 6.45) is 3.12. The molecule has 1 aromatic carbocycles. The molecule has 2 amide bonds. The van der Waals surface area contributed by atoms with Crippen LogP contribution in [-0.2, 0) is 4.79 Å². The molecule has 3 N–H and O–H groups in total. The maximum atomic E-state index is 12.2. The Bertz CT molecular complexity index is 518. The first-order chi connectivity index (χ1) is 9.97. The minimum absolute atomic E-state index is 0.104. The monoisotopic (exact) mass is 292 g/mol. The molecule has 114 valence electrons. The van der Waals surface area contributed by atoms with Gasteiger partial charge < -0.3 is 20.4 Å². The van der Waals surface area contributed by atoms with Crippen LogP contribution in [0.2, 0.25) is 0 Å². The minimum Gasteiger partial charge on any atom is -0.508 e. The lowest BCUT2D eigenvalue weighted by atomic mass is 10.1. The first-order valence-corrected chi connectivity index (χ1v) is 7.10. The van der Waals surface area contributed by atoms with Gasteiger partial charge in [-0.15, -0.1) is 0 Å². The summed E-state index contributed by atoms with van der Waals surface area (Å²) in [5, 5.41) is 21.3. The van der Waals surface area contributed by atoms with Crippen LogP contribution >= 0.6 is 0 Å². The normalized spacial score (nSPS) is 16.3. The van der Waals surface area contributed by atoms with Crippen LogP contribution in [0.5, 0.6) is 11.5 Å². The van der Waals surface area contributed by atoms with Gasteiger partial charge in [0.1, 0.15) is 17.5 Å². The number of hydrogen-bond acceptors (Lipinski definition) is 4. The molecule has 1 heterocycles. The van der Waals surface area contributed by atoms with Gasteiger partial charge in [0.2, 0.25) is 5.91 Å². The van der Waals surface area contributed by atoms with E-state index in [1.807, 2.05) is 0 Å². The smallest absolute Gasteiger partial charge is 0.252 e. The van der Waals surface area contributed by atoms with Crippen LogP contribution in [0.25, 0.3) is 0 Å². The van der Waals surface area contributed by atoms with Crippen molar-refractivity contribution < 1.29 is 19.8 Å². The first kappa shape index (κ1) is 15.2. The zero-order chi connectivity index (χ0) is 15.4. The Morgan fingerprint density at radius 3 is 2.24 bits per heavy atom. The lowest BCUT2D eigenvalue weighted by Crippen LogP contribution is -2.48. The van der Waals surface area contributed by atoms with E-state index in [0.717, 1.165) is 38.4 Å². The summed E-state index contributed by atoms with van der Waals surface area (Å²) in [5.41, 5.74) is 0.116. The molecule has 2 rings (SSSR count). The molecular formula is C15H20N2O4. The molecule has 1 aliphatic rings. The molecule has 0 spiro atoms. The number of amides is 2. The number of carbonyl (C=O) groups excluding carboxylic acids is 2. The highest BCUT2D eigenvalue weighted by atomic mass is 16.3. The molecule has 6 heteroatoms. The second-order valence-electron chi connectivity index (χ2n) is 5.32. The van der Waals surface area contributed by atoms with Crippen LogP contribution in [-0.4, -0.2) is 46.1 Å². The van der Waals surface area contributed by atoms with Crippen molar-refractivity contribution in [2.75, 3.05) is 13.1 Å². The molecule has 1 unspecified atom stereocenters. The number of rotatable bonds is 3. The third-order valence-corrected chi connectivity index (χ3v) is 3.55. The molecule has 6 nitrogen and oxygen atoms in total. The maximum absolute atomic E-state index is 12.2. The van der Waals surface area contributed by atoms with Crippen molar-refractivity contribution in [3.8, 4) is 11.5 Å². The Morgan fingerprint density at radius 1 is 1.10 bits per heavy atom. The van der Waals surface area contributed by atoms with Gasteiger partial charge in [-0.2, -0.15) is 0 Å². The van der Waals surface area contributed by atoms with E-state index in [0.29, 0.717) is 0 Å². The van der Waals surface area contributed by atoms with Gasteiger partial charge in [0.05, 0.1) is 0 Å². The number of piperidine rings is 1. The number of aromatic hydroxyl groups is 2. The Hall–Kier alpha value is -2.24. The van der Waals surface area contributed by atoms with Crippen LogP contribution in [0, 0.1) is 0 Å². The van der Waals surface area contributed by atoms with E-state index in [-0.39, 0.29) is 23.0 Å². The Balaban J connectivity index is 1.99. The fourth-order valence-corrected chi connectivity index (χ4v) is 2.46. The van der Waals surface area contributed by atoms with E-state index < -0.39 is 11.9 Å². The van der Waals surface area contributed by atoms with Crippen molar-refractivity contribution in [1.29, 1.82) is 0 Å². The zero-order valence-electron chi connectivity index (χ0n) is 12.0. The predicted octanol–water partition coefficient (Wildman–Crippen LogP) is 1.23. The Kier molecular flexibility index (Phi) is 4.67. The van der Waals surface area contributed by atoms with Crippen molar-refractivity contribution in [3.05, 3.63) is 23.8 Å². The van der Waals surface area contributed by atoms with Gasteiger partial charge in [-0.25, -0.2) is 0 Å². The number of phenols is 2. The minimum atomic E-state index is -0.639. The average molecular weight is 292 g/mol. The van der Waals surface area contributed by atoms with Crippen molar-refractivity contribution in [3.63, 3.8) is 0 Å². The van der Waals surface area contributed by atoms with Gasteiger partial charge in [-0.05, 0) is 38.3 Å². The first-order valence-electron chi connectivity index (χ1n) is 7.10. The number of hydrogen-bond donors (Lipinski definition) is 3. The van der Waals surface area contributed by atoms with Crippen LogP contribution in [0.15, 0.2) is 18.2 Å². The quantitative estimate of drug-likeness (QED) is 0.781. The van der Waals surface area contributed by atoms with E-state index in [1.54, 1.807) is 11.8 Å². The third kappa shape index (κ3) is 3.87. The summed E-state index contributed by atoms with van der Waals surface area (Å²) in [5.74, 6) is -1.00. The largest absolute Gasteiger partial charge is 0.508 e. The van der Waals surface area contributed by atoms with Crippen LogP contribution < -0.4 is 5.32 Å². The van der Waals surface area contributed by atoms with E-state index >= 15 is 0 Å². The van der Waals surface area contributed by atoms with E-state index in [9.17, 15) is 19.8 Å². The topological polar surface area (TPSA) is 89.9 Å². The van der Waals surface area contributed by atoms with E-state index in [1.165, 1.54) is 12.1 Å². The third-order valence-electron chi connectivity index (χ3n) is 3.55. The van der Waals surface area contributed by atoms with Gasteiger partial charge in [0.15, 0.2) is 0 Å². The summed E-state index contributed by atoms with van der Waals surface area (Å²) in [6.45, 7) is 3.09. The Labute approximate surface area is 123 Å². The average Bonchev–Trinajstić information content (AvgIpc) is 2.46.